The Labute approximate surface area is 102 Å². The van der Waals surface area contributed by atoms with Gasteiger partial charge in [-0.15, -0.1) is 0 Å². The molecule has 0 N–H and O–H groups in total. The van der Waals surface area contributed by atoms with Crippen molar-refractivity contribution in [1.29, 1.82) is 0 Å². The smallest absolute Gasteiger partial charge is 0.407 e. The molecule has 0 aromatic heterocycles. The summed E-state index contributed by atoms with van der Waals surface area (Å²) in [6, 6.07) is 0. The number of rotatable bonds is 4. The van der Waals surface area contributed by atoms with Crippen LogP contribution in [0.3, 0.4) is 0 Å². The molecule has 4 nitrogen and oxygen atoms in total. The van der Waals surface area contributed by atoms with E-state index >= 15 is 0 Å². The lowest BCUT2D eigenvalue weighted by molar-refractivity contribution is 0.155. The van der Waals surface area contributed by atoms with Gasteiger partial charge in [-0.1, -0.05) is 23.8 Å². The van der Waals surface area contributed by atoms with Gasteiger partial charge < -0.3 is 4.52 Å². The molecule has 0 aliphatic heterocycles. The van der Waals surface area contributed by atoms with Crippen LogP contribution >= 0.6 is 19.4 Å². The molecular weight excluding hydrogens is 239 g/mol. The zero-order valence-electron chi connectivity index (χ0n) is 13.5. The van der Waals surface area contributed by atoms with Crippen LogP contribution in [0.25, 0.3) is 0 Å². The minimum atomic E-state index is -4.87. The second-order valence-electron chi connectivity index (χ2n) is 3.23. The first kappa shape index (κ1) is 5.87. The Morgan fingerprint density at radius 3 is 3.00 bits per heavy atom. The van der Waals surface area contributed by atoms with Gasteiger partial charge in [0.1, 0.15) is 5.76 Å². The topological polar surface area (TPSA) is 44.8 Å². The molecular formula is C9H12ClO4P. The zero-order chi connectivity index (χ0) is 16.1. The molecule has 2 aliphatic rings. The Kier molecular flexibility index (Phi) is 1.54. The third-order valence-corrected chi connectivity index (χ3v) is 3.77. The van der Waals surface area contributed by atoms with Crippen LogP contribution < -0.4 is 0 Å². The molecule has 84 valence electrons. The molecule has 2 atom stereocenters. The lowest BCUT2D eigenvalue weighted by Crippen LogP contribution is -2.25. The molecule has 0 fully saturated rings. The van der Waals surface area contributed by atoms with Gasteiger partial charge in [0.15, 0.2) is 0 Å². The Bertz CT molecular complexity index is 519. The molecule has 0 amide bonds. The summed E-state index contributed by atoms with van der Waals surface area (Å²) in [5, 5.41) is 0.234. The monoisotopic (exact) mass is 256 g/mol. The van der Waals surface area contributed by atoms with Gasteiger partial charge in [0.05, 0.1) is 13.3 Å². The van der Waals surface area contributed by atoms with Crippen LogP contribution in [0.5, 0.6) is 0 Å². The Hall–Kier alpha value is -0.280. The second-order valence-corrected chi connectivity index (χ2v) is 5.08. The van der Waals surface area contributed by atoms with Crippen LogP contribution in [0.15, 0.2) is 22.9 Å². The highest BCUT2D eigenvalue weighted by Crippen LogP contribution is 2.58. The quantitative estimate of drug-likeness (QED) is 0.573. The highest BCUT2D eigenvalue weighted by molar-refractivity contribution is 7.48. The molecule has 6 heteroatoms. The van der Waals surface area contributed by atoms with E-state index in [4.69, 9.17) is 24.3 Å². The number of hydrogen-bond donors (Lipinski definition) is 0. The molecule has 0 heterocycles. The molecule has 0 spiro atoms. The summed E-state index contributed by atoms with van der Waals surface area (Å²) in [6.45, 7) is 0. The van der Waals surface area contributed by atoms with Crippen LogP contribution in [0.2, 0.25) is 0 Å². The minimum absolute atomic E-state index is 0.0449. The summed E-state index contributed by atoms with van der Waals surface area (Å²) in [5.74, 6) is -0.245. The molecule has 0 aromatic rings. The normalized spacial score (nSPS) is 36.6. The van der Waals surface area contributed by atoms with Crippen LogP contribution in [0.1, 0.15) is 14.6 Å². The number of phosphoric acid groups is 1. The maximum absolute atomic E-state index is 12.3. The van der Waals surface area contributed by atoms with Crippen molar-refractivity contribution in [2.75, 3.05) is 14.1 Å². The van der Waals surface area contributed by atoms with Crippen molar-refractivity contribution in [3.05, 3.63) is 22.9 Å². The molecule has 0 radical (unpaired) electrons. The van der Waals surface area contributed by atoms with Gasteiger partial charge in [-0.25, -0.2) is 4.57 Å². The van der Waals surface area contributed by atoms with E-state index in [0.717, 1.165) is 0 Å². The van der Waals surface area contributed by atoms with Crippen molar-refractivity contribution in [3.63, 3.8) is 0 Å². The summed E-state index contributed by atoms with van der Waals surface area (Å²) in [5.41, 5.74) is 0. The third kappa shape index (κ3) is 1.76. The molecule has 2 unspecified atom stereocenters. The summed E-state index contributed by atoms with van der Waals surface area (Å²) in [7, 11) is -11.2. The molecule has 0 saturated heterocycles. The summed E-state index contributed by atoms with van der Waals surface area (Å²) in [6.07, 6.45) is 4.24. The fourth-order valence-electron chi connectivity index (χ4n) is 1.72. The Balaban J connectivity index is 2.19. The first-order chi connectivity index (χ1) is 9.40. The molecule has 2 aliphatic carbocycles. The van der Waals surface area contributed by atoms with Crippen molar-refractivity contribution in [2.45, 2.75) is 6.42 Å². The van der Waals surface area contributed by atoms with Gasteiger partial charge in [-0.3, -0.25) is 9.05 Å². The first-order valence-electron chi connectivity index (χ1n) is 7.18. The van der Waals surface area contributed by atoms with Crippen LogP contribution in [-0.4, -0.2) is 14.1 Å². The van der Waals surface area contributed by atoms with E-state index in [-0.39, 0.29) is 22.6 Å². The van der Waals surface area contributed by atoms with Gasteiger partial charge in [-0.2, -0.15) is 0 Å². The number of hydrogen-bond acceptors (Lipinski definition) is 4. The largest absolute Gasteiger partial charge is 0.529 e. The number of phosphoric ester groups is 1. The fraction of sp³-hybridized carbons (Fsp3) is 0.556. The molecule has 2 rings (SSSR count). The van der Waals surface area contributed by atoms with Crippen molar-refractivity contribution in [1.82, 2.24) is 0 Å². The standard InChI is InChI=1S/C9H12ClO4P/c1-12-15(11,13-2)14-9-7-5-3-4-6(7)8(9)10/h3-4,6-7H,5H2,1-2H3/i1D3,2D3. The molecule has 15 heavy (non-hydrogen) atoms. The molecule has 0 bridgehead atoms. The number of halogens is 1. The fourth-order valence-corrected chi connectivity index (χ4v) is 2.76. The third-order valence-electron chi connectivity index (χ3n) is 2.47. The van der Waals surface area contributed by atoms with E-state index in [1.807, 2.05) is 12.2 Å². The maximum atomic E-state index is 12.3. The van der Waals surface area contributed by atoms with Crippen molar-refractivity contribution >= 4 is 19.4 Å². The lowest BCUT2D eigenvalue weighted by Gasteiger charge is -2.34. The van der Waals surface area contributed by atoms with Crippen molar-refractivity contribution in [2.24, 2.45) is 11.8 Å². The highest BCUT2D eigenvalue weighted by atomic mass is 35.5. The van der Waals surface area contributed by atoms with Gasteiger partial charge in [-0.05, 0) is 6.42 Å². The highest BCUT2D eigenvalue weighted by Gasteiger charge is 2.45. The van der Waals surface area contributed by atoms with Gasteiger partial charge in [0.25, 0.3) is 0 Å². The van der Waals surface area contributed by atoms with E-state index in [2.05, 4.69) is 9.05 Å². The van der Waals surface area contributed by atoms with E-state index < -0.39 is 21.9 Å². The van der Waals surface area contributed by atoms with Crippen molar-refractivity contribution in [3.8, 4) is 0 Å². The van der Waals surface area contributed by atoms with E-state index in [0.29, 0.717) is 6.42 Å². The van der Waals surface area contributed by atoms with Gasteiger partial charge >= 0.3 is 7.82 Å². The minimum Gasteiger partial charge on any atom is -0.407 e. The Morgan fingerprint density at radius 2 is 2.33 bits per heavy atom. The van der Waals surface area contributed by atoms with Crippen LogP contribution in [-0.2, 0) is 18.1 Å². The van der Waals surface area contributed by atoms with Crippen LogP contribution in [0, 0.1) is 11.8 Å². The summed E-state index contributed by atoms with van der Waals surface area (Å²) < 4.78 is 67.4. The predicted octanol–water partition coefficient (Wildman–Crippen LogP) is 3.06. The van der Waals surface area contributed by atoms with E-state index in [9.17, 15) is 4.57 Å². The summed E-state index contributed by atoms with van der Waals surface area (Å²) in [4.78, 5) is 0. The SMILES string of the molecule is [2H]C([2H])([2H])OP(=O)(OC1=C(Cl)C2C=CCC12)OC([2H])([2H])[2H]. The molecule has 0 aromatic carbocycles. The number of fused-ring (bicyclic) bond motifs is 1. The zero-order valence-corrected chi connectivity index (χ0v) is 9.13. The average molecular weight is 257 g/mol. The predicted molar refractivity (Wildman–Crippen MR) is 56.3 cm³/mol. The average Bonchev–Trinajstić information content (AvgIpc) is 2.65. The van der Waals surface area contributed by atoms with E-state index in [1.54, 1.807) is 0 Å². The second kappa shape index (κ2) is 3.95. The van der Waals surface area contributed by atoms with Gasteiger partial charge in [0, 0.05) is 25.9 Å². The van der Waals surface area contributed by atoms with Crippen LogP contribution in [0.4, 0.5) is 0 Å². The first-order valence-corrected chi connectivity index (χ1v) is 6.01. The number of allylic oxidation sites excluding steroid dienone is 4. The molecule has 0 saturated carbocycles. The van der Waals surface area contributed by atoms with E-state index in [1.165, 1.54) is 0 Å². The lowest BCUT2D eigenvalue weighted by atomic mass is 9.82. The Morgan fingerprint density at radius 1 is 1.60 bits per heavy atom. The van der Waals surface area contributed by atoms with Gasteiger partial charge in [0.2, 0.25) is 0 Å². The summed E-state index contributed by atoms with van der Waals surface area (Å²) >= 11 is 5.95. The maximum Gasteiger partial charge on any atom is 0.529 e. The van der Waals surface area contributed by atoms with Crippen molar-refractivity contribution < 1.29 is 26.4 Å².